The molecule has 100 valence electrons. The summed E-state index contributed by atoms with van der Waals surface area (Å²) in [5.74, 6) is 0. The highest BCUT2D eigenvalue weighted by atomic mass is 14.9. The molecule has 2 heterocycles. The summed E-state index contributed by atoms with van der Waals surface area (Å²) in [6.45, 7) is 8.74. The van der Waals surface area contributed by atoms with Crippen molar-refractivity contribution in [3.05, 3.63) is 40.6 Å². The highest BCUT2D eigenvalue weighted by molar-refractivity contribution is 5.97. The minimum atomic E-state index is 0.996. The molecule has 0 saturated heterocycles. The van der Waals surface area contributed by atoms with Gasteiger partial charge in [0.05, 0.1) is 0 Å². The smallest absolute Gasteiger partial charge is 0.0491 e. The van der Waals surface area contributed by atoms with Crippen LogP contribution in [-0.4, -0.2) is 17.7 Å². The molecule has 19 heavy (non-hydrogen) atoms. The van der Waals surface area contributed by atoms with Crippen LogP contribution >= 0.6 is 0 Å². The second-order valence-electron chi connectivity index (χ2n) is 5.68. The summed E-state index contributed by atoms with van der Waals surface area (Å²) in [7, 11) is 2.18. The number of aromatic nitrogens is 1. The third kappa shape index (κ3) is 1.91. The standard InChI is InChI=1S/C17H22N2/c1-11-9-12(2)16-15(10-11)19(4)13(3)17(16)14-5-7-18-8-6-14/h5,9-10,18H,6-8H2,1-4H3. The van der Waals surface area contributed by atoms with Gasteiger partial charge in [0, 0.05) is 35.8 Å². The Balaban J connectivity index is 2.35. The summed E-state index contributed by atoms with van der Waals surface area (Å²) < 4.78 is 2.34. The van der Waals surface area contributed by atoms with E-state index in [1.165, 1.54) is 38.9 Å². The number of fused-ring (bicyclic) bond motifs is 1. The molecular weight excluding hydrogens is 232 g/mol. The number of hydrogen-bond donors (Lipinski definition) is 1. The first kappa shape index (κ1) is 12.5. The first-order valence-corrected chi connectivity index (χ1v) is 7.06. The summed E-state index contributed by atoms with van der Waals surface area (Å²) in [6.07, 6.45) is 3.48. The molecular formula is C17H22N2. The third-order valence-electron chi connectivity index (χ3n) is 4.32. The Kier molecular flexibility index (Phi) is 2.98. The lowest BCUT2D eigenvalue weighted by Gasteiger charge is -2.15. The molecule has 1 aliphatic heterocycles. The Morgan fingerprint density at radius 2 is 1.95 bits per heavy atom. The molecule has 0 bridgehead atoms. The van der Waals surface area contributed by atoms with Crippen LogP contribution in [0.2, 0.25) is 0 Å². The first-order chi connectivity index (χ1) is 9.09. The third-order valence-corrected chi connectivity index (χ3v) is 4.32. The summed E-state index contributed by atoms with van der Waals surface area (Å²) in [4.78, 5) is 0. The average molecular weight is 254 g/mol. The Morgan fingerprint density at radius 1 is 1.16 bits per heavy atom. The fourth-order valence-electron chi connectivity index (χ4n) is 3.31. The summed E-state index contributed by atoms with van der Waals surface area (Å²) in [6, 6.07) is 4.60. The van der Waals surface area contributed by atoms with E-state index in [4.69, 9.17) is 0 Å². The van der Waals surface area contributed by atoms with Crippen LogP contribution in [0, 0.1) is 20.8 Å². The first-order valence-electron chi connectivity index (χ1n) is 7.06. The van der Waals surface area contributed by atoms with E-state index in [2.05, 4.69) is 55.9 Å². The molecule has 0 amide bonds. The maximum atomic E-state index is 3.40. The van der Waals surface area contributed by atoms with Crippen molar-refractivity contribution in [2.75, 3.05) is 13.1 Å². The number of aryl methyl sites for hydroxylation is 3. The largest absolute Gasteiger partial charge is 0.347 e. The molecule has 0 unspecified atom stereocenters. The molecule has 0 spiro atoms. The summed E-state index contributed by atoms with van der Waals surface area (Å²) in [5, 5.41) is 4.84. The van der Waals surface area contributed by atoms with Crippen molar-refractivity contribution in [2.24, 2.45) is 7.05 Å². The van der Waals surface area contributed by atoms with Crippen molar-refractivity contribution in [3.8, 4) is 0 Å². The SMILES string of the molecule is Cc1cc(C)c2c(C3=CCNCC3)c(C)n(C)c2c1. The topological polar surface area (TPSA) is 17.0 Å². The Labute approximate surface area is 115 Å². The van der Waals surface area contributed by atoms with Crippen molar-refractivity contribution in [3.63, 3.8) is 0 Å². The molecule has 1 aromatic carbocycles. The zero-order chi connectivity index (χ0) is 13.6. The van der Waals surface area contributed by atoms with Crippen LogP contribution in [-0.2, 0) is 7.05 Å². The van der Waals surface area contributed by atoms with Crippen molar-refractivity contribution in [2.45, 2.75) is 27.2 Å². The van der Waals surface area contributed by atoms with Crippen LogP contribution in [0.1, 0.15) is 28.8 Å². The van der Waals surface area contributed by atoms with Gasteiger partial charge in [-0.25, -0.2) is 0 Å². The van der Waals surface area contributed by atoms with Gasteiger partial charge >= 0.3 is 0 Å². The van der Waals surface area contributed by atoms with Crippen LogP contribution in [0.4, 0.5) is 0 Å². The maximum Gasteiger partial charge on any atom is 0.0491 e. The Hall–Kier alpha value is -1.54. The molecule has 0 fully saturated rings. The molecule has 3 rings (SSSR count). The van der Waals surface area contributed by atoms with Gasteiger partial charge in [-0.1, -0.05) is 12.1 Å². The Bertz CT molecular complexity index is 674. The second kappa shape index (κ2) is 4.53. The van der Waals surface area contributed by atoms with Crippen LogP contribution in [0.5, 0.6) is 0 Å². The average Bonchev–Trinajstić information content (AvgIpc) is 2.64. The molecule has 1 aliphatic rings. The van der Waals surface area contributed by atoms with Gasteiger partial charge in [0.25, 0.3) is 0 Å². The second-order valence-corrected chi connectivity index (χ2v) is 5.68. The van der Waals surface area contributed by atoms with Crippen molar-refractivity contribution in [1.82, 2.24) is 9.88 Å². The molecule has 1 aromatic heterocycles. The Morgan fingerprint density at radius 3 is 2.63 bits per heavy atom. The van der Waals surface area contributed by atoms with E-state index in [-0.39, 0.29) is 0 Å². The number of benzene rings is 1. The predicted molar refractivity (Wildman–Crippen MR) is 82.6 cm³/mol. The fraction of sp³-hybridized carbons (Fsp3) is 0.412. The lowest BCUT2D eigenvalue weighted by Crippen LogP contribution is -2.20. The molecule has 2 aromatic rings. The lowest BCUT2D eigenvalue weighted by molar-refractivity contribution is 0.738. The van der Waals surface area contributed by atoms with Crippen LogP contribution in [0.3, 0.4) is 0 Å². The molecule has 0 radical (unpaired) electrons. The molecule has 0 aliphatic carbocycles. The molecule has 2 nitrogen and oxygen atoms in total. The lowest BCUT2D eigenvalue weighted by atomic mass is 9.94. The molecule has 2 heteroatoms. The quantitative estimate of drug-likeness (QED) is 0.824. The van der Waals surface area contributed by atoms with Gasteiger partial charge in [-0.3, -0.25) is 0 Å². The van der Waals surface area contributed by atoms with Crippen LogP contribution in [0.15, 0.2) is 18.2 Å². The number of rotatable bonds is 1. The zero-order valence-corrected chi connectivity index (χ0v) is 12.3. The van der Waals surface area contributed by atoms with Gasteiger partial charge < -0.3 is 9.88 Å². The van der Waals surface area contributed by atoms with Gasteiger partial charge in [-0.2, -0.15) is 0 Å². The van der Waals surface area contributed by atoms with Gasteiger partial charge in [0.15, 0.2) is 0 Å². The van der Waals surface area contributed by atoms with Gasteiger partial charge in [-0.15, -0.1) is 0 Å². The molecule has 1 N–H and O–H groups in total. The van der Waals surface area contributed by atoms with Crippen LogP contribution < -0.4 is 5.32 Å². The minimum Gasteiger partial charge on any atom is -0.347 e. The maximum absolute atomic E-state index is 3.40. The van der Waals surface area contributed by atoms with E-state index in [1.807, 2.05) is 0 Å². The van der Waals surface area contributed by atoms with Gasteiger partial charge in [0.2, 0.25) is 0 Å². The highest BCUT2D eigenvalue weighted by Crippen LogP contribution is 2.35. The number of nitrogens with zero attached hydrogens (tertiary/aromatic N) is 1. The summed E-state index contributed by atoms with van der Waals surface area (Å²) >= 11 is 0. The number of nitrogens with one attached hydrogen (secondary N) is 1. The van der Waals surface area contributed by atoms with E-state index in [1.54, 1.807) is 0 Å². The van der Waals surface area contributed by atoms with E-state index in [0.717, 1.165) is 19.5 Å². The minimum absolute atomic E-state index is 0.996. The van der Waals surface area contributed by atoms with E-state index in [9.17, 15) is 0 Å². The highest BCUT2D eigenvalue weighted by Gasteiger charge is 2.18. The van der Waals surface area contributed by atoms with Crippen LogP contribution in [0.25, 0.3) is 16.5 Å². The number of hydrogen-bond acceptors (Lipinski definition) is 1. The van der Waals surface area contributed by atoms with Crippen molar-refractivity contribution in [1.29, 1.82) is 0 Å². The fourth-order valence-corrected chi connectivity index (χ4v) is 3.31. The molecule has 0 atom stereocenters. The van der Waals surface area contributed by atoms with E-state index in [0.29, 0.717) is 0 Å². The van der Waals surface area contributed by atoms with E-state index < -0.39 is 0 Å². The van der Waals surface area contributed by atoms with Crippen molar-refractivity contribution >= 4 is 16.5 Å². The predicted octanol–water partition coefficient (Wildman–Crippen LogP) is 3.48. The van der Waals surface area contributed by atoms with E-state index >= 15 is 0 Å². The monoisotopic (exact) mass is 254 g/mol. The zero-order valence-electron chi connectivity index (χ0n) is 12.3. The normalized spacial score (nSPS) is 15.9. The molecule has 0 saturated carbocycles. The van der Waals surface area contributed by atoms with Gasteiger partial charge in [-0.05, 0) is 56.5 Å². The summed E-state index contributed by atoms with van der Waals surface area (Å²) in [5.41, 5.74) is 8.47. The van der Waals surface area contributed by atoms with Crippen molar-refractivity contribution < 1.29 is 0 Å². The van der Waals surface area contributed by atoms with Gasteiger partial charge in [0.1, 0.15) is 0 Å².